The third-order valence-electron chi connectivity index (χ3n) is 5.30. The summed E-state index contributed by atoms with van der Waals surface area (Å²) in [4.78, 5) is 9.07. The monoisotopic (exact) mass is 464 g/mol. The van der Waals surface area contributed by atoms with Gasteiger partial charge in [0.15, 0.2) is 5.11 Å². The smallest absolute Gasteiger partial charge is 0.258 e. The van der Waals surface area contributed by atoms with Crippen LogP contribution in [-0.2, 0) is 6.54 Å². The lowest BCUT2D eigenvalue weighted by Crippen LogP contribution is -2.45. The molecule has 0 amide bonds. The number of nitrogens with one attached hydrogen (secondary N) is 1. The molecule has 1 atom stereocenters. The van der Waals surface area contributed by atoms with Crippen molar-refractivity contribution in [2.24, 2.45) is 0 Å². The van der Waals surface area contributed by atoms with Crippen LogP contribution in [0.4, 0.5) is 0 Å². The Morgan fingerprint density at radius 1 is 1.06 bits per heavy atom. The minimum absolute atomic E-state index is 0.163. The molecule has 0 saturated carbocycles. The fourth-order valence-electron chi connectivity index (χ4n) is 3.65. The van der Waals surface area contributed by atoms with E-state index in [-0.39, 0.29) is 6.04 Å². The molecule has 0 aliphatic carbocycles. The van der Waals surface area contributed by atoms with Crippen LogP contribution in [0.5, 0.6) is 0 Å². The van der Waals surface area contributed by atoms with Gasteiger partial charge in [0, 0.05) is 10.6 Å². The van der Waals surface area contributed by atoms with E-state index in [0.29, 0.717) is 23.4 Å². The van der Waals surface area contributed by atoms with Crippen LogP contribution in [0.15, 0.2) is 69.5 Å². The molecule has 0 fully saturated rings. The minimum Gasteiger partial charge on any atom is -0.351 e. The van der Waals surface area contributed by atoms with Crippen LogP contribution in [0.25, 0.3) is 16.3 Å². The van der Waals surface area contributed by atoms with Gasteiger partial charge in [-0.3, -0.25) is 0 Å². The fraction of sp³-hybridized carbons (Fsp3) is 0.174. The maximum atomic E-state index is 5.77. The van der Waals surface area contributed by atoms with Gasteiger partial charge in [-0.2, -0.15) is 4.98 Å². The third kappa shape index (κ3) is 3.94. The number of nitrogens with zero attached hydrogens (tertiary/aromatic N) is 3. The van der Waals surface area contributed by atoms with Crippen LogP contribution >= 0.6 is 34.9 Å². The lowest BCUT2D eigenvalue weighted by molar-refractivity contribution is 0.396. The number of thiophene rings is 2. The molecule has 31 heavy (non-hydrogen) atoms. The van der Waals surface area contributed by atoms with Crippen LogP contribution in [0.1, 0.15) is 34.9 Å². The Bertz CT molecular complexity index is 1220. The van der Waals surface area contributed by atoms with Crippen molar-refractivity contribution in [3.05, 3.63) is 86.9 Å². The molecule has 4 heterocycles. The summed E-state index contributed by atoms with van der Waals surface area (Å²) in [5.74, 6) is 1.11. The highest BCUT2D eigenvalue weighted by atomic mass is 32.1. The number of allylic oxidation sites excluding steroid dienone is 1. The van der Waals surface area contributed by atoms with Crippen molar-refractivity contribution in [3.8, 4) is 10.7 Å². The van der Waals surface area contributed by atoms with Gasteiger partial charge >= 0.3 is 0 Å². The molecular weight excluding hydrogens is 444 g/mol. The quantitative estimate of drug-likeness (QED) is 0.364. The molecule has 1 N–H and O–H groups in total. The Hall–Kier alpha value is -2.81. The predicted octanol–water partition coefficient (Wildman–Crippen LogP) is 6.03. The molecule has 0 bridgehead atoms. The molecule has 4 aromatic rings. The van der Waals surface area contributed by atoms with E-state index < -0.39 is 0 Å². The summed E-state index contributed by atoms with van der Waals surface area (Å²) < 4.78 is 5.77. The summed E-state index contributed by atoms with van der Waals surface area (Å²) in [5, 5.41) is 12.5. The molecule has 1 aliphatic rings. The highest BCUT2D eigenvalue weighted by Crippen LogP contribution is 2.38. The first-order valence-corrected chi connectivity index (χ1v) is 12.0. The number of hydrogen-bond acceptors (Lipinski definition) is 6. The van der Waals surface area contributed by atoms with Crippen molar-refractivity contribution >= 4 is 45.6 Å². The number of thiocarbonyl (C=S) groups is 1. The lowest BCUT2D eigenvalue weighted by Gasteiger charge is -2.37. The van der Waals surface area contributed by atoms with Gasteiger partial charge in [0.1, 0.15) is 0 Å². The predicted molar refractivity (Wildman–Crippen MR) is 130 cm³/mol. The Kier molecular flexibility index (Phi) is 5.43. The summed E-state index contributed by atoms with van der Waals surface area (Å²) in [6.07, 6.45) is 0. The van der Waals surface area contributed by atoms with E-state index in [1.54, 1.807) is 22.7 Å². The summed E-state index contributed by atoms with van der Waals surface area (Å²) in [7, 11) is 0. The van der Waals surface area contributed by atoms with Crippen LogP contribution in [-0.4, -0.2) is 20.2 Å². The molecule has 1 aliphatic heterocycles. The van der Waals surface area contributed by atoms with E-state index >= 15 is 0 Å². The van der Waals surface area contributed by atoms with E-state index in [2.05, 4.69) is 71.0 Å². The number of rotatable bonds is 5. The van der Waals surface area contributed by atoms with Crippen molar-refractivity contribution in [3.63, 3.8) is 0 Å². The van der Waals surface area contributed by atoms with Gasteiger partial charge in [-0.05, 0) is 54.5 Å². The van der Waals surface area contributed by atoms with Gasteiger partial charge < -0.3 is 14.7 Å². The zero-order chi connectivity index (χ0) is 21.4. The summed E-state index contributed by atoms with van der Waals surface area (Å²) >= 11 is 9.08. The standard InChI is InChI=1S/C23H20N4OS3/c1-14-7-9-16(10-8-14)20-19(22-25-21(26-28-22)18-6-4-12-31-18)15(2)27(23(29)24-20)13-17-5-3-11-30-17/h3-12,20H,13H2,1-2H3,(H,24,29). The molecule has 0 spiro atoms. The topological polar surface area (TPSA) is 54.2 Å². The second-order valence-electron chi connectivity index (χ2n) is 7.36. The van der Waals surface area contributed by atoms with Gasteiger partial charge in [-0.1, -0.05) is 47.1 Å². The van der Waals surface area contributed by atoms with E-state index in [1.165, 1.54) is 10.4 Å². The van der Waals surface area contributed by atoms with Gasteiger partial charge in [-0.25, -0.2) is 0 Å². The van der Waals surface area contributed by atoms with Crippen molar-refractivity contribution in [2.75, 3.05) is 0 Å². The maximum absolute atomic E-state index is 5.77. The first-order valence-electron chi connectivity index (χ1n) is 9.86. The summed E-state index contributed by atoms with van der Waals surface area (Å²) in [5.41, 5.74) is 4.28. The van der Waals surface area contributed by atoms with Crippen molar-refractivity contribution in [2.45, 2.75) is 26.4 Å². The van der Waals surface area contributed by atoms with Crippen molar-refractivity contribution in [1.29, 1.82) is 0 Å². The Balaban J connectivity index is 1.60. The van der Waals surface area contributed by atoms with Gasteiger partial charge in [0.05, 0.1) is 23.0 Å². The van der Waals surface area contributed by atoms with Crippen LogP contribution < -0.4 is 5.32 Å². The first kappa shape index (κ1) is 20.1. The minimum atomic E-state index is -0.163. The lowest BCUT2D eigenvalue weighted by atomic mass is 9.94. The zero-order valence-corrected chi connectivity index (χ0v) is 19.5. The number of aromatic nitrogens is 2. The molecular formula is C23H20N4OS3. The molecule has 1 aromatic carbocycles. The highest BCUT2D eigenvalue weighted by Gasteiger charge is 2.34. The molecule has 0 radical (unpaired) electrons. The molecule has 3 aromatic heterocycles. The second-order valence-corrected chi connectivity index (χ2v) is 9.72. The number of aryl methyl sites for hydroxylation is 1. The Morgan fingerprint density at radius 2 is 1.84 bits per heavy atom. The van der Waals surface area contributed by atoms with E-state index in [4.69, 9.17) is 21.7 Å². The van der Waals surface area contributed by atoms with Crippen LogP contribution in [0.3, 0.4) is 0 Å². The second kappa shape index (κ2) is 8.37. The fourth-order valence-corrected chi connectivity index (χ4v) is 5.32. The molecule has 5 rings (SSSR count). The van der Waals surface area contributed by atoms with Gasteiger partial charge in [-0.15, -0.1) is 22.7 Å². The Labute approximate surface area is 194 Å². The van der Waals surface area contributed by atoms with Gasteiger partial charge in [0.25, 0.3) is 5.89 Å². The van der Waals surface area contributed by atoms with Gasteiger partial charge in [0.2, 0.25) is 5.82 Å². The van der Waals surface area contributed by atoms with E-state index in [1.807, 2.05) is 17.5 Å². The number of benzene rings is 1. The Morgan fingerprint density at radius 3 is 2.55 bits per heavy atom. The van der Waals surface area contributed by atoms with Crippen molar-refractivity contribution < 1.29 is 4.52 Å². The SMILES string of the molecule is CC1=C(c2nc(-c3cccs3)no2)C(c2ccc(C)cc2)NC(=S)N1Cc1cccs1. The molecule has 156 valence electrons. The number of hydrogen-bond donors (Lipinski definition) is 1. The molecule has 1 unspecified atom stereocenters. The largest absolute Gasteiger partial charge is 0.351 e. The molecule has 0 saturated heterocycles. The van der Waals surface area contributed by atoms with Crippen LogP contribution in [0.2, 0.25) is 0 Å². The van der Waals surface area contributed by atoms with Crippen LogP contribution in [0, 0.1) is 6.92 Å². The zero-order valence-electron chi connectivity index (χ0n) is 17.0. The van der Waals surface area contributed by atoms with E-state index in [9.17, 15) is 0 Å². The first-order chi connectivity index (χ1) is 15.1. The maximum Gasteiger partial charge on any atom is 0.258 e. The average Bonchev–Trinajstić information content (AvgIpc) is 3.54. The highest BCUT2D eigenvalue weighted by molar-refractivity contribution is 7.80. The molecule has 5 nitrogen and oxygen atoms in total. The van der Waals surface area contributed by atoms with Crippen molar-refractivity contribution in [1.82, 2.24) is 20.4 Å². The third-order valence-corrected chi connectivity index (χ3v) is 7.36. The summed E-state index contributed by atoms with van der Waals surface area (Å²) in [6, 6.07) is 16.4. The normalized spacial score (nSPS) is 16.6. The van der Waals surface area contributed by atoms with E-state index in [0.717, 1.165) is 21.7 Å². The molecule has 8 heteroatoms. The summed E-state index contributed by atoms with van der Waals surface area (Å²) in [6.45, 7) is 4.86. The average molecular weight is 465 g/mol.